The van der Waals surface area contributed by atoms with Crippen LogP contribution < -0.4 is 0 Å². The highest BCUT2D eigenvalue weighted by Crippen LogP contribution is 2.14. The molecule has 0 bridgehead atoms. The second kappa shape index (κ2) is 33.7. The highest BCUT2D eigenvalue weighted by atomic mass is 16.6. The van der Waals surface area contributed by atoms with Crippen molar-refractivity contribution >= 4 is 11.9 Å². The Bertz CT molecular complexity index is 895. The summed E-state index contributed by atoms with van der Waals surface area (Å²) in [6, 6.07) is 0. The van der Waals surface area contributed by atoms with Gasteiger partial charge in [-0.25, -0.2) is 0 Å². The van der Waals surface area contributed by atoms with Crippen LogP contribution in [0.1, 0.15) is 136 Å². The lowest BCUT2D eigenvalue weighted by atomic mass is 10.0. The highest BCUT2D eigenvalue weighted by Gasteiger charge is 2.15. The van der Waals surface area contributed by atoms with Gasteiger partial charge >= 0.3 is 11.9 Å². The molecule has 0 rings (SSSR count). The van der Waals surface area contributed by atoms with Gasteiger partial charge in [0.1, 0.15) is 6.61 Å². The zero-order chi connectivity index (χ0) is 33.9. The second-order valence-corrected chi connectivity index (χ2v) is 12.2. The number of carbonyl (C=O) groups is 2. The van der Waals surface area contributed by atoms with Crippen molar-refractivity contribution in [3.63, 3.8) is 0 Å². The van der Waals surface area contributed by atoms with Crippen LogP contribution in [0.15, 0.2) is 72.9 Å². The van der Waals surface area contributed by atoms with Gasteiger partial charge in [0, 0.05) is 12.8 Å². The molecule has 0 aromatic carbocycles. The molecule has 46 heavy (non-hydrogen) atoms. The molecule has 2 atom stereocenters. The van der Waals surface area contributed by atoms with Gasteiger partial charge in [-0.1, -0.05) is 151 Å². The zero-order valence-corrected chi connectivity index (χ0v) is 29.3. The lowest BCUT2D eigenvalue weighted by Gasteiger charge is -2.15. The maximum Gasteiger partial charge on any atom is 0.306 e. The fourth-order valence-electron chi connectivity index (χ4n) is 4.55. The van der Waals surface area contributed by atoms with Crippen LogP contribution in [-0.4, -0.2) is 47.6 Å². The Morgan fingerprint density at radius 2 is 1.26 bits per heavy atom. The van der Waals surface area contributed by atoms with Crippen LogP contribution in [0.5, 0.6) is 0 Å². The fraction of sp³-hybridized carbons (Fsp3) is 0.650. The first-order valence-electron chi connectivity index (χ1n) is 18.0. The number of carbonyl (C=O) groups excluding carboxylic acids is 2. The van der Waals surface area contributed by atoms with E-state index in [9.17, 15) is 19.8 Å². The number of hydrogen-bond acceptors (Lipinski definition) is 6. The third-order valence-corrected chi connectivity index (χ3v) is 7.29. The summed E-state index contributed by atoms with van der Waals surface area (Å²) in [6.07, 6.45) is 40.0. The summed E-state index contributed by atoms with van der Waals surface area (Å²) < 4.78 is 10.5. The van der Waals surface area contributed by atoms with Crippen molar-refractivity contribution in [3.8, 4) is 0 Å². The van der Waals surface area contributed by atoms with E-state index in [4.69, 9.17) is 9.47 Å². The minimum atomic E-state index is -0.817. The summed E-state index contributed by atoms with van der Waals surface area (Å²) in [7, 11) is 0. The monoisotopic (exact) mass is 642 g/mol. The quantitative estimate of drug-likeness (QED) is 0.0351. The van der Waals surface area contributed by atoms with Gasteiger partial charge in [-0.15, -0.1) is 0 Å². The van der Waals surface area contributed by atoms with E-state index in [1.807, 2.05) is 36.5 Å². The molecule has 0 heterocycles. The molecule has 0 spiro atoms. The van der Waals surface area contributed by atoms with E-state index in [0.717, 1.165) is 50.9 Å². The van der Waals surface area contributed by atoms with Gasteiger partial charge in [-0.3, -0.25) is 9.59 Å². The number of allylic oxidation sites excluding steroid dienone is 10. The second-order valence-electron chi connectivity index (χ2n) is 12.2. The average molecular weight is 643 g/mol. The summed E-state index contributed by atoms with van der Waals surface area (Å²) in [5, 5.41) is 19.4. The van der Waals surface area contributed by atoms with E-state index >= 15 is 0 Å². The van der Waals surface area contributed by atoms with Gasteiger partial charge < -0.3 is 19.7 Å². The van der Waals surface area contributed by atoms with E-state index < -0.39 is 12.2 Å². The number of ether oxygens (including phenoxy) is 2. The summed E-state index contributed by atoms with van der Waals surface area (Å²) in [5.41, 5.74) is 0. The van der Waals surface area contributed by atoms with E-state index in [-0.39, 0.29) is 31.6 Å². The zero-order valence-electron chi connectivity index (χ0n) is 29.3. The van der Waals surface area contributed by atoms with Crippen molar-refractivity contribution in [1.82, 2.24) is 0 Å². The first-order valence-corrected chi connectivity index (χ1v) is 18.0. The molecule has 0 amide bonds. The average Bonchev–Trinajstić information content (AvgIpc) is 3.03. The Hall–Kier alpha value is -2.70. The standard InChI is InChI=1S/C40H66O6/c1-4-5-6-7-20-25-30-37(42)31-26-21-16-12-8-9-13-17-22-27-32-39(43)45-35-38(34-41)46-40(44)33-28-23-18-14-10-11-15-19-24-29-36(2)3/h5-6,8-9,16-17,20-22,25-26,31,36-38,41-42H,4,7,10-15,18-19,23-24,27-30,32-35H2,1-3H3/b6-5-,9-8-,21-16-,22-17-,25-20-,31-26+/t37?,38-/m0/s1. The predicted octanol–water partition coefficient (Wildman–Crippen LogP) is 9.83. The lowest BCUT2D eigenvalue weighted by Crippen LogP contribution is -2.28. The van der Waals surface area contributed by atoms with Gasteiger partial charge in [-0.2, -0.15) is 0 Å². The first kappa shape index (κ1) is 43.3. The summed E-state index contributed by atoms with van der Waals surface area (Å²) in [6.45, 7) is 6.18. The van der Waals surface area contributed by atoms with Crippen molar-refractivity contribution in [1.29, 1.82) is 0 Å². The molecule has 0 saturated heterocycles. The molecule has 2 N–H and O–H groups in total. The van der Waals surface area contributed by atoms with E-state index in [0.29, 0.717) is 19.3 Å². The van der Waals surface area contributed by atoms with Crippen LogP contribution in [0.25, 0.3) is 0 Å². The Morgan fingerprint density at radius 3 is 1.91 bits per heavy atom. The normalized spacial score (nSPS) is 13.9. The molecule has 6 nitrogen and oxygen atoms in total. The Labute approximate surface area is 281 Å². The maximum atomic E-state index is 12.1. The van der Waals surface area contributed by atoms with Crippen LogP contribution in [-0.2, 0) is 19.1 Å². The molecule has 0 aliphatic rings. The van der Waals surface area contributed by atoms with Crippen molar-refractivity contribution in [2.45, 2.75) is 149 Å². The largest absolute Gasteiger partial charge is 0.462 e. The van der Waals surface area contributed by atoms with Crippen LogP contribution >= 0.6 is 0 Å². The summed E-state index contributed by atoms with van der Waals surface area (Å²) in [4.78, 5) is 24.1. The van der Waals surface area contributed by atoms with Crippen molar-refractivity contribution in [2.24, 2.45) is 5.92 Å². The van der Waals surface area contributed by atoms with Gasteiger partial charge in [0.25, 0.3) is 0 Å². The fourth-order valence-corrected chi connectivity index (χ4v) is 4.55. The molecule has 0 radical (unpaired) electrons. The molecule has 262 valence electrons. The SMILES string of the molecule is CC/C=C\C/C=C\CC(O)/C=C/C=C\C/C=C\C/C=C\CCC(=O)OC[C@H](CO)OC(=O)CCCCCCCCCCCC(C)C. The van der Waals surface area contributed by atoms with Gasteiger partial charge in [0.05, 0.1) is 12.7 Å². The maximum absolute atomic E-state index is 12.1. The highest BCUT2D eigenvalue weighted by molar-refractivity contribution is 5.70. The molecular formula is C40H66O6. The molecule has 0 aliphatic carbocycles. The van der Waals surface area contributed by atoms with Gasteiger partial charge in [0.2, 0.25) is 0 Å². The number of aliphatic hydroxyl groups excluding tert-OH is 2. The van der Waals surface area contributed by atoms with Crippen molar-refractivity contribution in [2.75, 3.05) is 13.2 Å². The number of hydrogen-bond donors (Lipinski definition) is 2. The number of aliphatic hydroxyl groups is 2. The van der Waals surface area contributed by atoms with Crippen LogP contribution in [0.4, 0.5) is 0 Å². The smallest absolute Gasteiger partial charge is 0.306 e. The number of unbranched alkanes of at least 4 members (excludes halogenated alkanes) is 8. The molecular weight excluding hydrogens is 576 g/mol. The number of rotatable bonds is 30. The first-order chi connectivity index (χ1) is 22.4. The van der Waals surface area contributed by atoms with Crippen molar-refractivity contribution in [3.05, 3.63) is 72.9 Å². The van der Waals surface area contributed by atoms with Gasteiger partial charge in [0.15, 0.2) is 6.10 Å². The van der Waals surface area contributed by atoms with E-state index in [1.165, 1.54) is 44.9 Å². The Kier molecular flexibility index (Phi) is 31.7. The van der Waals surface area contributed by atoms with E-state index in [2.05, 4.69) is 51.2 Å². The lowest BCUT2D eigenvalue weighted by molar-refractivity contribution is -0.161. The Balaban J connectivity index is 3.82. The van der Waals surface area contributed by atoms with E-state index in [1.54, 1.807) is 6.08 Å². The topological polar surface area (TPSA) is 93.1 Å². The minimum Gasteiger partial charge on any atom is -0.462 e. The predicted molar refractivity (Wildman–Crippen MR) is 192 cm³/mol. The van der Waals surface area contributed by atoms with Gasteiger partial charge in [-0.05, 0) is 50.9 Å². The Morgan fingerprint density at radius 1 is 0.674 bits per heavy atom. The summed E-state index contributed by atoms with van der Waals surface area (Å²) >= 11 is 0. The van der Waals surface area contributed by atoms with Crippen molar-refractivity contribution < 1.29 is 29.3 Å². The third kappa shape index (κ3) is 32.7. The molecule has 0 saturated carbocycles. The molecule has 1 unspecified atom stereocenters. The molecule has 0 aromatic rings. The molecule has 0 fully saturated rings. The van der Waals surface area contributed by atoms with Crippen LogP contribution in [0.2, 0.25) is 0 Å². The summed E-state index contributed by atoms with van der Waals surface area (Å²) in [5.74, 6) is 0.0777. The molecule has 0 aromatic heterocycles. The third-order valence-electron chi connectivity index (χ3n) is 7.29. The molecule has 6 heteroatoms. The van der Waals surface area contributed by atoms with Crippen LogP contribution in [0, 0.1) is 5.92 Å². The number of esters is 2. The minimum absolute atomic E-state index is 0.125. The molecule has 0 aliphatic heterocycles. The van der Waals surface area contributed by atoms with Crippen LogP contribution in [0.3, 0.4) is 0 Å².